The molecule has 0 spiro atoms. The van der Waals surface area contributed by atoms with E-state index in [9.17, 15) is 0 Å². The van der Waals surface area contributed by atoms with Gasteiger partial charge < -0.3 is 15.1 Å². The maximum Gasteiger partial charge on any atom is 0.0471 e. The lowest BCUT2D eigenvalue weighted by molar-refractivity contribution is 0.266. The fourth-order valence-corrected chi connectivity index (χ4v) is 3.26. The minimum atomic E-state index is 0.473. The minimum Gasteiger partial charge on any atom is -0.370 e. The van der Waals surface area contributed by atoms with Gasteiger partial charge >= 0.3 is 0 Å². The van der Waals surface area contributed by atoms with Gasteiger partial charge in [-0.15, -0.1) is 0 Å². The van der Waals surface area contributed by atoms with Gasteiger partial charge in [-0.25, -0.2) is 0 Å². The van der Waals surface area contributed by atoms with Gasteiger partial charge in [0.2, 0.25) is 0 Å². The van der Waals surface area contributed by atoms with E-state index in [0.717, 1.165) is 24.7 Å². The van der Waals surface area contributed by atoms with Gasteiger partial charge in [0.15, 0.2) is 0 Å². The average molecular weight is 310 g/mol. The lowest BCUT2D eigenvalue weighted by Crippen LogP contribution is -2.34. The first-order chi connectivity index (χ1) is 9.88. The van der Waals surface area contributed by atoms with E-state index in [2.05, 4.69) is 68.2 Å². The Hall–Kier alpha value is -0.770. The maximum absolute atomic E-state index is 6.45. The van der Waals surface area contributed by atoms with E-state index in [1.54, 1.807) is 0 Å². The Labute approximate surface area is 134 Å². The summed E-state index contributed by atoms with van der Waals surface area (Å²) in [6.45, 7) is 9.63. The SMILES string of the molecule is CC(C)NCc1ccc(N2CC(C)C(N(C)C)C2)cc1Cl. The van der Waals surface area contributed by atoms with Crippen molar-refractivity contribution in [2.24, 2.45) is 5.92 Å². The van der Waals surface area contributed by atoms with Crippen LogP contribution in [0.15, 0.2) is 18.2 Å². The second-order valence-electron chi connectivity index (χ2n) is 6.72. The van der Waals surface area contributed by atoms with E-state index >= 15 is 0 Å². The van der Waals surface area contributed by atoms with Crippen molar-refractivity contribution >= 4 is 17.3 Å². The average Bonchev–Trinajstić information content (AvgIpc) is 2.79. The van der Waals surface area contributed by atoms with E-state index in [4.69, 9.17) is 11.6 Å². The second kappa shape index (κ2) is 6.99. The summed E-state index contributed by atoms with van der Waals surface area (Å²) in [5.74, 6) is 0.682. The highest BCUT2D eigenvalue weighted by Gasteiger charge is 2.31. The molecule has 2 atom stereocenters. The Balaban J connectivity index is 2.07. The van der Waals surface area contributed by atoms with Crippen molar-refractivity contribution in [3.05, 3.63) is 28.8 Å². The number of hydrogen-bond acceptors (Lipinski definition) is 3. The van der Waals surface area contributed by atoms with Gasteiger partial charge in [-0.3, -0.25) is 0 Å². The van der Waals surface area contributed by atoms with Crippen molar-refractivity contribution in [3.8, 4) is 0 Å². The van der Waals surface area contributed by atoms with Gasteiger partial charge in [-0.2, -0.15) is 0 Å². The third-order valence-electron chi connectivity index (χ3n) is 4.34. The third kappa shape index (κ3) is 4.12. The molecule has 0 amide bonds. The van der Waals surface area contributed by atoms with Gasteiger partial charge in [0.25, 0.3) is 0 Å². The van der Waals surface area contributed by atoms with Crippen LogP contribution in [0.5, 0.6) is 0 Å². The molecule has 3 nitrogen and oxygen atoms in total. The van der Waals surface area contributed by atoms with E-state index in [0.29, 0.717) is 18.0 Å². The normalized spacial score (nSPS) is 22.6. The molecule has 1 aromatic rings. The van der Waals surface area contributed by atoms with Crippen LogP contribution in [0.2, 0.25) is 5.02 Å². The molecular formula is C17H28ClN3. The van der Waals surface area contributed by atoms with Crippen molar-refractivity contribution in [1.29, 1.82) is 0 Å². The van der Waals surface area contributed by atoms with Crippen molar-refractivity contribution in [2.75, 3.05) is 32.1 Å². The smallest absolute Gasteiger partial charge is 0.0471 e. The molecule has 1 N–H and O–H groups in total. The molecule has 0 saturated carbocycles. The first-order valence-corrected chi connectivity index (χ1v) is 8.19. The van der Waals surface area contributed by atoms with E-state index in [1.165, 1.54) is 11.3 Å². The summed E-state index contributed by atoms with van der Waals surface area (Å²) in [6.07, 6.45) is 0. The Morgan fingerprint density at radius 1 is 1.33 bits per heavy atom. The number of hydrogen-bond donors (Lipinski definition) is 1. The summed E-state index contributed by atoms with van der Waals surface area (Å²) in [5.41, 5.74) is 2.41. The first-order valence-electron chi connectivity index (χ1n) is 7.81. The summed E-state index contributed by atoms with van der Waals surface area (Å²) < 4.78 is 0. The molecule has 118 valence electrons. The fraction of sp³-hybridized carbons (Fsp3) is 0.647. The summed E-state index contributed by atoms with van der Waals surface area (Å²) in [4.78, 5) is 4.77. The topological polar surface area (TPSA) is 18.5 Å². The van der Waals surface area contributed by atoms with Crippen LogP contribution >= 0.6 is 11.6 Å². The molecule has 21 heavy (non-hydrogen) atoms. The number of benzene rings is 1. The number of nitrogens with zero attached hydrogens (tertiary/aromatic N) is 2. The van der Waals surface area contributed by atoms with Gasteiger partial charge in [0.1, 0.15) is 0 Å². The van der Waals surface area contributed by atoms with E-state index in [1.807, 2.05) is 0 Å². The molecule has 1 saturated heterocycles. The van der Waals surface area contributed by atoms with Gasteiger partial charge in [-0.05, 0) is 37.7 Å². The molecule has 0 aromatic heterocycles. The molecule has 1 aliphatic rings. The molecule has 0 aliphatic carbocycles. The standard InChI is InChI=1S/C17H28ClN3/c1-12(2)19-9-14-6-7-15(8-16(14)18)21-10-13(3)17(11-21)20(4)5/h6-8,12-13,17,19H,9-11H2,1-5H3. The highest BCUT2D eigenvalue weighted by molar-refractivity contribution is 6.31. The lowest BCUT2D eigenvalue weighted by Gasteiger charge is -2.23. The van der Waals surface area contributed by atoms with Gasteiger partial charge in [-0.1, -0.05) is 38.4 Å². The molecule has 1 heterocycles. The molecular weight excluding hydrogens is 282 g/mol. The number of halogens is 1. The molecule has 1 aliphatic heterocycles. The van der Waals surface area contributed by atoms with Crippen LogP contribution in [-0.2, 0) is 6.54 Å². The van der Waals surface area contributed by atoms with Crippen molar-refractivity contribution in [3.63, 3.8) is 0 Å². The van der Waals surface area contributed by atoms with Crippen molar-refractivity contribution in [1.82, 2.24) is 10.2 Å². The molecule has 4 heteroatoms. The minimum absolute atomic E-state index is 0.473. The van der Waals surface area contributed by atoms with Crippen LogP contribution in [0.1, 0.15) is 26.3 Å². The third-order valence-corrected chi connectivity index (χ3v) is 4.69. The molecule has 1 aromatic carbocycles. The molecule has 0 radical (unpaired) electrons. The van der Waals surface area contributed by atoms with E-state index in [-0.39, 0.29) is 0 Å². The predicted molar refractivity (Wildman–Crippen MR) is 92.3 cm³/mol. The van der Waals surface area contributed by atoms with Crippen LogP contribution in [0.4, 0.5) is 5.69 Å². The quantitative estimate of drug-likeness (QED) is 0.901. The van der Waals surface area contributed by atoms with Crippen LogP contribution in [0, 0.1) is 5.92 Å². The predicted octanol–water partition coefficient (Wildman–Crippen LogP) is 3.22. The maximum atomic E-state index is 6.45. The van der Waals surface area contributed by atoms with Gasteiger partial charge in [0.05, 0.1) is 0 Å². The number of anilines is 1. The van der Waals surface area contributed by atoms with Crippen LogP contribution in [-0.4, -0.2) is 44.2 Å². The highest BCUT2D eigenvalue weighted by Crippen LogP contribution is 2.29. The van der Waals surface area contributed by atoms with Gasteiger partial charge in [0, 0.05) is 42.4 Å². The fourth-order valence-electron chi connectivity index (χ4n) is 3.02. The number of nitrogens with one attached hydrogen (secondary N) is 1. The largest absolute Gasteiger partial charge is 0.370 e. The van der Waals surface area contributed by atoms with Crippen LogP contribution in [0.3, 0.4) is 0 Å². The first kappa shape index (κ1) is 16.6. The summed E-state index contributed by atoms with van der Waals surface area (Å²) in [6, 6.07) is 7.56. The second-order valence-corrected chi connectivity index (χ2v) is 7.13. The van der Waals surface area contributed by atoms with E-state index < -0.39 is 0 Å². The van der Waals surface area contributed by atoms with Crippen molar-refractivity contribution < 1.29 is 0 Å². The van der Waals surface area contributed by atoms with Crippen LogP contribution < -0.4 is 10.2 Å². The highest BCUT2D eigenvalue weighted by atomic mass is 35.5. The monoisotopic (exact) mass is 309 g/mol. The number of rotatable bonds is 5. The number of likely N-dealkylation sites (N-methyl/N-ethyl adjacent to an activating group) is 1. The molecule has 2 rings (SSSR count). The zero-order valence-corrected chi connectivity index (χ0v) is 14.6. The zero-order valence-electron chi connectivity index (χ0n) is 13.9. The molecule has 1 fully saturated rings. The Morgan fingerprint density at radius 2 is 2.05 bits per heavy atom. The summed E-state index contributed by atoms with van der Waals surface area (Å²) in [7, 11) is 4.33. The Kier molecular flexibility index (Phi) is 5.53. The summed E-state index contributed by atoms with van der Waals surface area (Å²) >= 11 is 6.45. The Morgan fingerprint density at radius 3 is 2.57 bits per heavy atom. The molecule has 0 bridgehead atoms. The van der Waals surface area contributed by atoms with Crippen LogP contribution in [0.25, 0.3) is 0 Å². The van der Waals surface area contributed by atoms with Crippen molar-refractivity contribution in [2.45, 2.75) is 39.4 Å². The summed E-state index contributed by atoms with van der Waals surface area (Å²) in [5, 5.41) is 4.28. The zero-order chi connectivity index (χ0) is 15.6. The molecule has 2 unspecified atom stereocenters. The Bertz CT molecular complexity index is 473. The lowest BCUT2D eigenvalue weighted by atomic mass is 10.1.